The number of carbonyl (C=O) groups excluding carboxylic acids is 3. The van der Waals surface area contributed by atoms with Crippen molar-refractivity contribution in [1.82, 2.24) is 5.32 Å². The van der Waals surface area contributed by atoms with Crippen LogP contribution >= 0.6 is 11.8 Å². The molecule has 0 saturated carbocycles. The number of hydrogen-bond donors (Lipinski definition) is 2. The number of thioether (sulfide) groups is 1. The number of esters is 1. The van der Waals surface area contributed by atoms with Gasteiger partial charge in [-0.3, -0.25) is 14.5 Å². The molecule has 1 heterocycles. The molecule has 7 nitrogen and oxygen atoms in total. The molecule has 1 aromatic rings. The molecule has 1 aromatic carbocycles. The number of benzene rings is 1. The lowest BCUT2D eigenvalue weighted by atomic mass is 10.0. The van der Waals surface area contributed by atoms with Crippen molar-refractivity contribution >= 4 is 35.2 Å². The number of nitrogens with two attached hydrogens (primary N) is 1. The van der Waals surface area contributed by atoms with E-state index in [1.165, 1.54) is 4.90 Å². The van der Waals surface area contributed by atoms with Crippen LogP contribution in [0.1, 0.15) is 46.6 Å². The quantitative estimate of drug-likeness (QED) is 0.592. The van der Waals surface area contributed by atoms with Gasteiger partial charge < -0.3 is 15.8 Å². The monoisotopic (exact) mass is 449 g/mol. The van der Waals surface area contributed by atoms with Crippen LogP contribution in [0.25, 0.3) is 0 Å². The summed E-state index contributed by atoms with van der Waals surface area (Å²) in [4.78, 5) is 40.7. The molecule has 0 spiro atoms. The smallest absolute Gasteiger partial charge is 0.329 e. The molecule has 172 valence electrons. The summed E-state index contributed by atoms with van der Waals surface area (Å²) in [5.41, 5.74) is 7.09. The normalized spacial score (nSPS) is 17.8. The maximum absolute atomic E-state index is 13.3. The fraction of sp³-hybridized carbons (Fsp3) is 0.609. The number of hydrogen-bond acceptors (Lipinski definition) is 6. The van der Waals surface area contributed by atoms with Gasteiger partial charge in [0.15, 0.2) is 0 Å². The summed E-state index contributed by atoms with van der Waals surface area (Å²) >= 11 is 1.59. The van der Waals surface area contributed by atoms with Crippen LogP contribution in [-0.4, -0.2) is 53.5 Å². The molecule has 0 aliphatic carbocycles. The summed E-state index contributed by atoms with van der Waals surface area (Å²) in [6, 6.07) is 5.19. The van der Waals surface area contributed by atoms with E-state index in [9.17, 15) is 14.4 Å². The fourth-order valence-electron chi connectivity index (χ4n) is 3.44. The van der Waals surface area contributed by atoms with Gasteiger partial charge in [0.1, 0.15) is 17.7 Å². The van der Waals surface area contributed by atoms with Crippen LogP contribution < -0.4 is 16.0 Å². The molecule has 1 aliphatic heterocycles. The highest BCUT2D eigenvalue weighted by Gasteiger charge is 2.41. The third-order valence-corrected chi connectivity index (χ3v) is 5.78. The molecule has 3 atom stereocenters. The molecular weight excluding hydrogens is 414 g/mol. The van der Waals surface area contributed by atoms with E-state index in [1.807, 2.05) is 44.4 Å². The second-order valence-electron chi connectivity index (χ2n) is 9.20. The third kappa shape index (κ3) is 6.46. The Hall–Kier alpha value is -2.06. The third-order valence-electron chi connectivity index (χ3n) is 5.14. The Balaban J connectivity index is 2.27. The molecule has 0 bridgehead atoms. The van der Waals surface area contributed by atoms with Gasteiger partial charge in [0.25, 0.3) is 0 Å². The summed E-state index contributed by atoms with van der Waals surface area (Å²) in [7, 11) is 0. The molecule has 0 radical (unpaired) electrons. The van der Waals surface area contributed by atoms with Gasteiger partial charge in [0.05, 0.1) is 6.04 Å². The molecular formula is C23H35N3O4S. The van der Waals surface area contributed by atoms with E-state index in [4.69, 9.17) is 10.5 Å². The second kappa shape index (κ2) is 10.5. The lowest BCUT2D eigenvalue weighted by Gasteiger charge is -2.30. The van der Waals surface area contributed by atoms with Crippen LogP contribution in [0.4, 0.5) is 5.69 Å². The van der Waals surface area contributed by atoms with E-state index in [0.717, 1.165) is 5.56 Å². The number of nitrogens with zero attached hydrogens (tertiary/aromatic N) is 1. The first-order chi connectivity index (χ1) is 14.5. The SMILES string of the molecule is CSCC[C@H](NC(=O)[C@@H]1Cc2ccccc2N1C(=O)[C@@H](N)C(C)C)C(=O)OC(C)(C)C. The molecule has 2 rings (SSSR count). The Morgan fingerprint density at radius 1 is 1.26 bits per heavy atom. The molecule has 1 aliphatic rings. The molecule has 8 heteroatoms. The number of amides is 2. The molecule has 2 amide bonds. The van der Waals surface area contributed by atoms with E-state index in [0.29, 0.717) is 24.3 Å². The van der Waals surface area contributed by atoms with Crippen molar-refractivity contribution in [1.29, 1.82) is 0 Å². The minimum Gasteiger partial charge on any atom is -0.458 e. The summed E-state index contributed by atoms with van der Waals surface area (Å²) in [5, 5.41) is 2.84. The topological polar surface area (TPSA) is 102 Å². The number of ether oxygens (including phenoxy) is 1. The molecule has 31 heavy (non-hydrogen) atoms. The highest BCUT2D eigenvalue weighted by Crippen LogP contribution is 2.33. The Morgan fingerprint density at radius 3 is 2.48 bits per heavy atom. The van der Waals surface area contributed by atoms with Crippen LogP contribution in [-0.2, 0) is 25.5 Å². The van der Waals surface area contributed by atoms with Gasteiger partial charge >= 0.3 is 5.97 Å². The van der Waals surface area contributed by atoms with E-state index in [2.05, 4.69) is 5.32 Å². The predicted molar refractivity (Wildman–Crippen MR) is 125 cm³/mol. The first-order valence-electron chi connectivity index (χ1n) is 10.6. The van der Waals surface area contributed by atoms with Crippen LogP contribution in [0.2, 0.25) is 0 Å². The van der Waals surface area contributed by atoms with Gasteiger partial charge in [-0.15, -0.1) is 0 Å². The van der Waals surface area contributed by atoms with Crippen molar-refractivity contribution in [3.8, 4) is 0 Å². The standard InChI is InChI=1S/C23H35N3O4S/c1-14(2)19(24)21(28)26-17-10-8-7-9-15(17)13-18(26)20(27)25-16(11-12-31-6)22(29)30-23(3,4)5/h7-10,14,16,18-19H,11-13,24H2,1-6H3,(H,25,27)/t16-,18-,19-/m0/s1. The Bertz CT molecular complexity index is 806. The van der Waals surface area contributed by atoms with Gasteiger partial charge in [-0.1, -0.05) is 32.0 Å². The number of fused-ring (bicyclic) bond motifs is 1. The number of rotatable bonds is 8. The number of anilines is 1. The van der Waals surface area contributed by atoms with E-state index < -0.39 is 29.7 Å². The number of carbonyl (C=O) groups is 3. The van der Waals surface area contributed by atoms with E-state index >= 15 is 0 Å². The van der Waals surface area contributed by atoms with Crippen LogP contribution in [0.5, 0.6) is 0 Å². The summed E-state index contributed by atoms with van der Waals surface area (Å²) in [5.74, 6) is -0.520. The summed E-state index contributed by atoms with van der Waals surface area (Å²) < 4.78 is 5.50. The highest BCUT2D eigenvalue weighted by molar-refractivity contribution is 7.98. The average molecular weight is 450 g/mol. The van der Waals surface area contributed by atoms with Crippen LogP contribution in [0, 0.1) is 5.92 Å². The van der Waals surface area contributed by atoms with Crippen molar-refractivity contribution in [2.24, 2.45) is 11.7 Å². The Morgan fingerprint density at radius 2 is 1.90 bits per heavy atom. The minimum atomic E-state index is -0.779. The zero-order valence-electron chi connectivity index (χ0n) is 19.3. The summed E-state index contributed by atoms with van der Waals surface area (Å²) in [6.07, 6.45) is 2.76. The molecule has 0 unspecified atom stereocenters. The first kappa shape index (κ1) is 25.2. The van der Waals surface area contributed by atoms with Gasteiger partial charge in [0, 0.05) is 12.1 Å². The Labute approximate surface area is 189 Å². The highest BCUT2D eigenvalue weighted by atomic mass is 32.2. The summed E-state index contributed by atoms with van der Waals surface area (Å²) in [6.45, 7) is 9.13. The van der Waals surface area contributed by atoms with Gasteiger partial charge in [0.2, 0.25) is 11.8 Å². The Kier molecular flexibility index (Phi) is 8.54. The minimum absolute atomic E-state index is 0.0694. The molecule has 0 fully saturated rings. The van der Waals surface area contributed by atoms with Crippen molar-refractivity contribution in [3.05, 3.63) is 29.8 Å². The fourth-order valence-corrected chi connectivity index (χ4v) is 3.91. The molecule has 0 saturated heterocycles. The predicted octanol–water partition coefficient (Wildman–Crippen LogP) is 2.51. The van der Waals surface area contributed by atoms with Crippen LogP contribution in [0.3, 0.4) is 0 Å². The van der Waals surface area contributed by atoms with Crippen LogP contribution in [0.15, 0.2) is 24.3 Å². The second-order valence-corrected chi connectivity index (χ2v) is 10.2. The van der Waals surface area contributed by atoms with Gasteiger partial charge in [-0.05, 0) is 56.7 Å². The van der Waals surface area contributed by atoms with Crippen molar-refractivity contribution < 1.29 is 19.1 Å². The van der Waals surface area contributed by atoms with Crippen molar-refractivity contribution in [2.45, 2.75) is 71.2 Å². The maximum atomic E-state index is 13.3. The zero-order valence-corrected chi connectivity index (χ0v) is 20.1. The van der Waals surface area contributed by atoms with Gasteiger partial charge in [-0.25, -0.2) is 4.79 Å². The lowest BCUT2D eigenvalue weighted by Crippen LogP contribution is -2.56. The maximum Gasteiger partial charge on any atom is 0.329 e. The molecule has 0 aromatic heterocycles. The van der Waals surface area contributed by atoms with E-state index in [1.54, 1.807) is 32.5 Å². The largest absolute Gasteiger partial charge is 0.458 e. The first-order valence-corrected chi connectivity index (χ1v) is 12.0. The van der Waals surface area contributed by atoms with E-state index in [-0.39, 0.29) is 17.7 Å². The zero-order chi connectivity index (χ0) is 23.3. The van der Waals surface area contributed by atoms with Gasteiger partial charge in [-0.2, -0.15) is 11.8 Å². The van der Waals surface area contributed by atoms with Crippen molar-refractivity contribution in [2.75, 3.05) is 16.9 Å². The molecule has 3 N–H and O–H groups in total. The average Bonchev–Trinajstić information content (AvgIpc) is 3.08. The number of para-hydroxylation sites is 1. The van der Waals surface area contributed by atoms with Crippen molar-refractivity contribution in [3.63, 3.8) is 0 Å². The number of nitrogens with one attached hydrogen (secondary N) is 1. The lowest BCUT2D eigenvalue weighted by molar-refractivity contribution is -0.158.